The number of sulfonamides is 1. The van der Waals surface area contributed by atoms with Crippen LogP contribution in [0, 0.1) is 0 Å². The maximum atomic E-state index is 12.5. The van der Waals surface area contributed by atoms with Crippen LogP contribution in [-0.2, 0) is 22.9 Å². The zero-order chi connectivity index (χ0) is 16.7. The Bertz CT molecular complexity index is 997. The van der Waals surface area contributed by atoms with E-state index in [1.165, 1.54) is 11.3 Å². The van der Waals surface area contributed by atoms with E-state index in [4.69, 9.17) is 11.6 Å². The predicted molar refractivity (Wildman–Crippen MR) is 95.9 cm³/mol. The Labute approximate surface area is 145 Å². The third-order valence-corrected chi connectivity index (χ3v) is 6.30. The Morgan fingerprint density at radius 2 is 1.92 bits per heavy atom. The fourth-order valence-electron chi connectivity index (χ4n) is 3.38. The van der Waals surface area contributed by atoms with Crippen molar-refractivity contribution >= 4 is 32.5 Å². The molecule has 0 fully saturated rings. The number of halogens is 1. The van der Waals surface area contributed by atoms with E-state index in [0.717, 1.165) is 23.7 Å². The molecule has 1 aliphatic carbocycles. The highest BCUT2D eigenvalue weighted by atomic mass is 35.5. The van der Waals surface area contributed by atoms with Gasteiger partial charge in [-0.15, -0.1) is 0 Å². The van der Waals surface area contributed by atoms with Gasteiger partial charge >= 0.3 is 0 Å². The molecule has 1 aromatic heterocycles. The van der Waals surface area contributed by atoms with Crippen LogP contribution in [0.15, 0.2) is 53.4 Å². The van der Waals surface area contributed by atoms with E-state index in [9.17, 15) is 8.42 Å². The van der Waals surface area contributed by atoms with Gasteiger partial charge in [-0.05, 0) is 49.1 Å². The summed E-state index contributed by atoms with van der Waals surface area (Å²) < 4.78 is 27.9. The summed E-state index contributed by atoms with van der Waals surface area (Å²) in [5, 5.41) is 1.82. The molecule has 1 atom stereocenters. The first kappa shape index (κ1) is 15.7. The summed E-state index contributed by atoms with van der Waals surface area (Å²) in [5.41, 5.74) is 3.38. The van der Waals surface area contributed by atoms with Crippen LogP contribution in [-0.4, -0.2) is 19.4 Å². The lowest BCUT2D eigenvalue weighted by molar-refractivity contribution is 0.506. The van der Waals surface area contributed by atoms with Crippen LogP contribution in [0.5, 0.6) is 0 Å². The van der Waals surface area contributed by atoms with Crippen molar-refractivity contribution in [2.75, 3.05) is 0 Å². The lowest BCUT2D eigenvalue weighted by Crippen LogP contribution is -2.38. The third kappa shape index (κ3) is 2.83. The Kier molecular flexibility index (Phi) is 3.87. The van der Waals surface area contributed by atoms with E-state index in [-0.39, 0.29) is 6.04 Å². The number of benzene rings is 2. The van der Waals surface area contributed by atoms with Gasteiger partial charge in [0, 0.05) is 27.7 Å². The number of aryl methyl sites for hydroxylation is 1. The smallest absolute Gasteiger partial charge is 0.240 e. The van der Waals surface area contributed by atoms with Crippen molar-refractivity contribution in [1.29, 1.82) is 0 Å². The summed E-state index contributed by atoms with van der Waals surface area (Å²) in [6, 6.07) is 14.2. The molecule has 4 nitrogen and oxygen atoms in total. The van der Waals surface area contributed by atoms with Crippen molar-refractivity contribution in [2.24, 2.45) is 0 Å². The molecule has 4 rings (SSSR count). The van der Waals surface area contributed by atoms with Gasteiger partial charge in [0.15, 0.2) is 0 Å². The Hall–Kier alpha value is -1.82. The first-order valence-electron chi connectivity index (χ1n) is 7.89. The summed E-state index contributed by atoms with van der Waals surface area (Å²) >= 11 is 6.05. The minimum absolute atomic E-state index is 0.0996. The predicted octanol–water partition coefficient (Wildman–Crippen LogP) is 3.66. The molecule has 0 radical (unpaired) electrons. The van der Waals surface area contributed by atoms with E-state index < -0.39 is 10.0 Å². The van der Waals surface area contributed by atoms with Crippen molar-refractivity contribution in [3.8, 4) is 0 Å². The van der Waals surface area contributed by atoms with Crippen molar-refractivity contribution < 1.29 is 8.42 Å². The molecule has 124 valence electrons. The molecule has 6 heteroatoms. The minimum Gasteiger partial charge on any atom is -0.358 e. The quantitative estimate of drug-likeness (QED) is 0.748. The van der Waals surface area contributed by atoms with E-state index in [1.807, 2.05) is 24.3 Å². The van der Waals surface area contributed by atoms with Gasteiger partial charge < -0.3 is 4.98 Å². The van der Waals surface area contributed by atoms with Crippen molar-refractivity contribution in [3.05, 3.63) is 64.8 Å². The number of aromatic amines is 1. The normalized spacial score (nSPS) is 17.8. The van der Waals surface area contributed by atoms with Crippen molar-refractivity contribution in [3.63, 3.8) is 0 Å². The molecule has 2 aromatic carbocycles. The molecule has 0 saturated carbocycles. The zero-order valence-electron chi connectivity index (χ0n) is 12.9. The molecule has 0 saturated heterocycles. The minimum atomic E-state index is -3.49. The molecule has 0 aliphatic heterocycles. The largest absolute Gasteiger partial charge is 0.358 e. The van der Waals surface area contributed by atoms with Crippen LogP contribution in [0.4, 0.5) is 0 Å². The molecule has 1 unspecified atom stereocenters. The molecule has 0 bridgehead atoms. The fraction of sp³-hybridized carbons (Fsp3) is 0.222. The van der Waals surface area contributed by atoms with Gasteiger partial charge in [0.05, 0.1) is 4.90 Å². The average Bonchev–Trinajstić information content (AvgIpc) is 2.92. The monoisotopic (exact) mass is 360 g/mol. The second-order valence-electron chi connectivity index (χ2n) is 6.15. The van der Waals surface area contributed by atoms with Gasteiger partial charge in [0.1, 0.15) is 0 Å². The zero-order valence-corrected chi connectivity index (χ0v) is 14.5. The highest BCUT2D eigenvalue weighted by molar-refractivity contribution is 7.89. The van der Waals surface area contributed by atoms with Crippen LogP contribution < -0.4 is 4.72 Å². The van der Waals surface area contributed by atoms with Gasteiger partial charge in [-0.1, -0.05) is 35.9 Å². The molecule has 24 heavy (non-hydrogen) atoms. The number of fused-ring (bicyclic) bond motifs is 3. The van der Waals surface area contributed by atoms with Gasteiger partial charge in [0.2, 0.25) is 10.0 Å². The summed E-state index contributed by atoms with van der Waals surface area (Å²) in [7, 11) is -3.49. The Morgan fingerprint density at radius 3 is 2.71 bits per heavy atom. The number of hydrogen-bond acceptors (Lipinski definition) is 2. The standard InChI is InChI=1S/C18H17ClN2O2S/c19-12-6-8-15-16-11-13(7-9-17(16)20-18(15)10-12)21-24(22,23)14-4-2-1-3-5-14/h1-6,8,10,13,20-21H,7,9,11H2. The molecule has 2 N–H and O–H groups in total. The van der Waals surface area contributed by atoms with Gasteiger partial charge in [0.25, 0.3) is 0 Å². The molecule has 0 spiro atoms. The highest BCUT2D eigenvalue weighted by Gasteiger charge is 2.26. The number of H-pyrrole nitrogens is 1. The number of aromatic nitrogens is 1. The maximum Gasteiger partial charge on any atom is 0.240 e. The van der Waals surface area contributed by atoms with E-state index in [1.54, 1.807) is 24.3 Å². The number of nitrogens with one attached hydrogen (secondary N) is 2. The fourth-order valence-corrected chi connectivity index (χ4v) is 4.85. The second kappa shape index (κ2) is 5.92. The Morgan fingerprint density at radius 1 is 1.12 bits per heavy atom. The molecule has 1 aliphatic rings. The van der Waals surface area contributed by atoms with E-state index >= 15 is 0 Å². The van der Waals surface area contributed by atoms with Crippen molar-refractivity contribution in [2.45, 2.75) is 30.2 Å². The highest BCUT2D eigenvalue weighted by Crippen LogP contribution is 2.31. The molecule has 0 amide bonds. The summed E-state index contributed by atoms with van der Waals surface area (Å²) in [6.07, 6.45) is 2.28. The van der Waals surface area contributed by atoms with Gasteiger partial charge in [-0.2, -0.15) is 0 Å². The van der Waals surface area contributed by atoms with Crippen LogP contribution in [0.1, 0.15) is 17.7 Å². The lowest BCUT2D eigenvalue weighted by Gasteiger charge is -2.23. The van der Waals surface area contributed by atoms with E-state index in [0.29, 0.717) is 16.3 Å². The van der Waals surface area contributed by atoms with Crippen molar-refractivity contribution in [1.82, 2.24) is 9.71 Å². The second-order valence-corrected chi connectivity index (χ2v) is 8.30. The summed E-state index contributed by atoms with van der Waals surface area (Å²) in [5.74, 6) is 0. The SMILES string of the molecule is O=S(=O)(NC1CCc2[nH]c3cc(Cl)ccc3c2C1)c1ccccc1. The van der Waals surface area contributed by atoms with Crippen LogP contribution >= 0.6 is 11.6 Å². The third-order valence-electron chi connectivity index (χ3n) is 4.53. The molecule has 3 aromatic rings. The molecular weight excluding hydrogens is 344 g/mol. The van der Waals surface area contributed by atoms with Crippen LogP contribution in [0.2, 0.25) is 5.02 Å². The average molecular weight is 361 g/mol. The lowest BCUT2D eigenvalue weighted by atomic mass is 9.92. The van der Waals surface area contributed by atoms with Gasteiger partial charge in [-0.3, -0.25) is 0 Å². The van der Waals surface area contributed by atoms with Gasteiger partial charge in [-0.25, -0.2) is 13.1 Å². The van der Waals surface area contributed by atoms with Crippen LogP contribution in [0.3, 0.4) is 0 Å². The van der Waals surface area contributed by atoms with E-state index in [2.05, 4.69) is 9.71 Å². The first-order chi connectivity index (χ1) is 11.5. The molecular formula is C18H17ClN2O2S. The van der Waals surface area contributed by atoms with Crippen LogP contribution in [0.25, 0.3) is 10.9 Å². The molecule has 1 heterocycles. The number of hydrogen-bond donors (Lipinski definition) is 2. The topological polar surface area (TPSA) is 62.0 Å². The summed E-state index contributed by atoms with van der Waals surface area (Å²) in [6.45, 7) is 0. The number of rotatable bonds is 3. The maximum absolute atomic E-state index is 12.5. The summed E-state index contributed by atoms with van der Waals surface area (Å²) in [4.78, 5) is 3.72. The first-order valence-corrected chi connectivity index (χ1v) is 9.75. The Balaban J connectivity index is 1.62.